The average Bonchev–Trinajstić information content (AvgIpc) is 3.03. The third-order valence-corrected chi connectivity index (χ3v) is 4.47. The Morgan fingerprint density at radius 3 is 2.61 bits per heavy atom. The van der Waals surface area contributed by atoms with Gasteiger partial charge in [0.15, 0.2) is 5.82 Å². The molecule has 140 valence electrons. The first-order chi connectivity index (χ1) is 13.6. The number of rotatable bonds is 5. The molecule has 0 aliphatic heterocycles. The van der Waals surface area contributed by atoms with Crippen LogP contribution in [-0.2, 0) is 13.5 Å². The summed E-state index contributed by atoms with van der Waals surface area (Å²) in [5.74, 6) is 2.77. The van der Waals surface area contributed by atoms with Gasteiger partial charge in [-0.3, -0.25) is 0 Å². The van der Waals surface area contributed by atoms with Crippen LogP contribution in [0.2, 0.25) is 0 Å². The molecular weight excluding hydrogens is 355 g/mol. The van der Waals surface area contributed by atoms with E-state index in [-0.39, 0.29) is 5.82 Å². The lowest BCUT2D eigenvalue weighted by molar-refractivity contribution is 0.627. The van der Waals surface area contributed by atoms with Crippen molar-refractivity contribution in [1.29, 1.82) is 0 Å². The highest BCUT2D eigenvalue weighted by Crippen LogP contribution is 2.23. The molecule has 0 amide bonds. The van der Waals surface area contributed by atoms with E-state index in [0.717, 1.165) is 28.5 Å². The largest absolute Gasteiger partial charge is 0.340 e. The lowest BCUT2D eigenvalue weighted by Gasteiger charge is -2.09. The van der Waals surface area contributed by atoms with Gasteiger partial charge in [0, 0.05) is 30.9 Å². The summed E-state index contributed by atoms with van der Waals surface area (Å²) in [5.41, 5.74) is 2.82. The Hall–Kier alpha value is -3.61. The molecule has 0 spiro atoms. The molecule has 0 radical (unpaired) electrons. The molecule has 7 heteroatoms. The number of aromatic nitrogens is 5. The van der Waals surface area contributed by atoms with Gasteiger partial charge >= 0.3 is 0 Å². The Balaban J connectivity index is 1.54. The number of hydrogen-bond acceptors (Lipinski definition) is 5. The standard InChI is InChI=1S/C21H19FN6/c1-14-26-27-21(28(14)2)16-4-3-5-18(13-16)24-19-10-11-23-20(25-19)12-15-6-8-17(22)9-7-15/h3-11,13H,12H2,1-2H3,(H,23,24,25). The van der Waals surface area contributed by atoms with Crippen molar-refractivity contribution in [2.24, 2.45) is 7.05 Å². The number of benzene rings is 2. The molecular formula is C21H19FN6. The zero-order valence-corrected chi connectivity index (χ0v) is 15.6. The lowest BCUT2D eigenvalue weighted by atomic mass is 10.1. The summed E-state index contributed by atoms with van der Waals surface area (Å²) < 4.78 is 15.0. The molecule has 4 rings (SSSR count). The smallest absolute Gasteiger partial charge is 0.163 e. The molecule has 2 aromatic carbocycles. The molecule has 4 aromatic rings. The summed E-state index contributed by atoms with van der Waals surface area (Å²) in [6.45, 7) is 1.92. The van der Waals surface area contributed by atoms with Gasteiger partial charge in [0.05, 0.1) is 0 Å². The first kappa shape index (κ1) is 17.8. The van der Waals surface area contributed by atoms with Gasteiger partial charge in [0.2, 0.25) is 0 Å². The van der Waals surface area contributed by atoms with Gasteiger partial charge in [-0.15, -0.1) is 10.2 Å². The molecule has 6 nitrogen and oxygen atoms in total. The highest BCUT2D eigenvalue weighted by Gasteiger charge is 2.09. The van der Waals surface area contributed by atoms with Crippen LogP contribution >= 0.6 is 0 Å². The molecule has 2 heterocycles. The monoisotopic (exact) mass is 374 g/mol. The predicted molar refractivity (Wildman–Crippen MR) is 106 cm³/mol. The second-order valence-corrected chi connectivity index (χ2v) is 6.50. The van der Waals surface area contributed by atoms with E-state index >= 15 is 0 Å². The van der Waals surface area contributed by atoms with E-state index in [1.165, 1.54) is 12.1 Å². The predicted octanol–water partition coefficient (Wildman–Crippen LogP) is 4.05. The van der Waals surface area contributed by atoms with Crippen molar-refractivity contribution in [3.8, 4) is 11.4 Å². The van der Waals surface area contributed by atoms with Gasteiger partial charge in [0.1, 0.15) is 23.3 Å². The lowest BCUT2D eigenvalue weighted by Crippen LogP contribution is -2.01. The van der Waals surface area contributed by atoms with E-state index in [1.807, 2.05) is 48.9 Å². The van der Waals surface area contributed by atoms with E-state index in [2.05, 4.69) is 25.5 Å². The second kappa shape index (κ2) is 7.56. The molecule has 0 saturated carbocycles. The Kier molecular flexibility index (Phi) is 4.80. The molecule has 0 aliphatic carbocycles. The minimum Gasteiger partial charge on any atom is -0.340 e. The third kappa shape index (κ3) is 3.88. The van der Waals surface area contributed by atoms with Gasteiger partial charge in [-0.1, -0.05) is 24.3 Å². The normalized spacial score (nSPS) is 10.8. The van der Waals surface area contributed by atoms with Crippen LogP contribution in [0.4, 0.5) is 15.9 Å². The van der Waals surface area contributed by atoms with Crippen molar-refractivity contribution in [3.63, 3.8) is 0 Å². The van der Waals surface area contributed by atoms with Crippen LogP contribution < -0.4 is 5.32 Å². The fraction of sp³-hybridized carbons (Fsp3) is 0.143. The molecule has 28 heavy (non-hydrogen) atoms. The average molecular weight is 374 g/mol. The Labute approximate surface area is 162 Å². The minimum atomic E-state index is -0.252. The van der Waals surface area contributed by atoms with Crippen LogP contribution in [0.25, 0.3) is 11.4 Å². The van der Waals surface area contributed by atoms with E-state index < -0.39 is 0 Å². The van der Waals surface area contributed by atoms with Crippen LogP contribution in [0.5, 0.6) is 0 Å². The van der Waals surface area contributed by atoms with Crippen molar-refractivity contribution in [2.75, 3.05) is 5.32 Å². The summed E-state index contributed by atoms with van der Waals surface area (Å²) in [7, 11) is 1.94. The summed E-state index contributed by atoms with van der Waals surface area (Å²) in [5, 5.41) is 11.7. The molecule has 0 bridgehead atoms. The van der Waals surface area contributed by atoms with E-state index in [1.54, 1.807) is 18.3 Å². The van der Waals surface area contributed by atoms with E-state index in [4.69, 9.17) is 0 Å². The van der Waals surface area contributed by atoms with Crippen LogP contribution in [0.3, 0.4) is 0 Å². The number of halogens is 1. The number of hydrogen-bond donors (Lipinski definition) is 1. The SMILES string of the molecule is Cc1nnc(-c2cccc(Nc3ccnc(Cc4ccc(F)cc4)n3)c2)n1C. The number of anilines is 2. The van der Waals surface area contributed by atoms with Crippen LogP contribution in [0.15, 0.2) is 60.8 Å². The zero-order chi connectivity index (χ0) is 19.5. The van der Waals surface area contributed by atoms with Gasteiger partial charge in [-0.2, -0.15) is 0 Å². The van der Waals surface area contributed by atoms with Crippen molar-refractivity contribution in [2.45, 2.75) is 13.3 Å². The first-order valence-corrected chi connectivity index (χ1v) is 8.88. The number of nitrogens with zero attached hydrogens (tertiary/aromatic N) is 5. The Morgan fingerprint density at radius 2 is 1.86 bits per heavy atom. The fourth-order valence-corrected chi connectivity index (χ4v) is 2.88. The molecule has 0 atom stereocenters. The maximum atomic E-state index is 13.1. The number of nitrogens with one attached hydrogen (secondary N) is 1. The summed E-state index contributed by atoms with van der Waals surface area (Å²) in [6.07, 6.45) is 2.25. The highest BCUT2D eigenvalue weighted by molar-refractivity contribution is 5.66. The highest BCUT2D eigenvalue weighted by atomic mass is 19.1. The molecule has 1 N–H and O–H groups in total. The Bertz CT molecular complexity index is 1100. The van der Waals surface area contributed by atoms with Gasteiger partial charge < -0.3 is 9.88 Å². The Morgan fingerprint density at radius 1 is 1.04 bits per heavy atom. The van der Waals surface area contributed by atoms with Crippen LogP contribution in [-0.4, -0.2) is 24.7 Å². The fourth-order valence-electron chi connectivity index (χ4n) is 2.88. The maximum absolute atomic E-state index is 13.1. The molecule has 2 aromatic heterocycles. The maximum Gasteiger partial charge on any atom is 0.163 e. The van der Waals surface area contributed by atoms with Gasteiger partial charge in [-0.05, 0) is 42.8 Å². The van der Waals surface area contributed by atoms with E-state index in [9.17, 15) is 4.39 Å². The number of aryl methyl sites for hydroxylation is 1. The molecule has 0 fully saturated rings. The zero-order valence-electron chi connectivity index (χ0n) is 15.6. The minimum absolute atomic E-state index is 0.252. The molecule has 0 saturated heterocycles. The third-order valence-electron chi connectivity index (χ3n) is 4.47. The van der Waals surface area contributed by atoms with Gasteiger partial charge in [0.25, 0.3) is 0 Å². The summed E-state index contributed by atoms with van der Waals surface area (Å²) >= 11 is 0. The second-order valence-electron chi connectivity index (χ2n) is 6.50. The van der Waals surface area contributed by atoms with Crippen LogP contribution in [0, 0.1) is 12.7 Å². The van der Waals surface area contributed by atoms with E-state index in [0.29, 0.717) is 18.1 Å². The quantitative estimate of drug-likeness (QED) is 0.571. The summed E-state index contributed by atoms with van der Waals surface area (Å²) in [4.78, 5) is 8.87. The molecule has 0 aliphatic rings. The molecule has 0 unspecified atom stereocenters. The summed E-state index contributed by atoms with van der Waals surface area (Å²) in [6, 6.07) is 16.1. The van der Waals surface area contributed by atoms with Crippen molar-refractivity contribution < 1.29 is 4.39 Å². The van der Waals surface area contributed by atoms with Gasteiger partial charge in [-0.25, -0.2) is 14.4 Å². The topological polar surface area (TPSA) is 68.5 Å². The van der Waals surface area contributed by atoms with Crippen molar-refractivity contribution >= 4 is 11.5 Å². The van der Waals surface area contributed by atoms with Crippen molar-refractivity contribution in [3.05, 3.63) is 83.8 Å². The first-order valence-electron chi connectivity index (χ1n) is 8.88. The van der Waals surface area contributed by atoms with Crippen LogP contribution in [0.1, 0.15) is 17.2 Å². The van der Waals surface area contributed by atoms with Crippen molar-refractivity contribution in [1.82, 2.24) is 24.7 Å².